The van der Waals surface area contributed by atoms with Crippen molar-refractivity contribution in [2.24, 2.45) is 0 Å². The van der Waals surface area contributed by atoms with E-state index in [1.165, 1.54) is 25.3 Å². The maximum absolute atomic E-state index is 13.4. The molecular formula is C13H10F2O. The summed E-state index contributed by atoms with van der Waals surface area (Å²) in [5, 5.41) is 0. The second-order valence-electron chi connectivity index (χ2n) is 3.33. The summed E-state index contributed by atoms with van der Waals surface area (Å²) < 4.78 is 31.2. The number of halogens is 2. The van der Waals surface area contributed by atoms with Gasteiger partial charge >= 0.3 is 0 Å². The molecule has 0 atom stereocenters. The predicted octanol–water partition coefficient (Wildman–Crippen LogP) is 3.64. The highest BCUT2D eigenvalue weighted by Gasteiger charge is 2.10. The lowest BCUT2D eigenvalue weighted by molar-refractivity contribution is 0.388. The van der Waals surface area contributed by atoms with Crippen molar-refractivity contribution in [1.29, 1.82) is 0 Å². The third-order valence-corrected chi connectivity index (χ3v) is 2.33. The van der Waals surface area contributed by atoms with E-state index in [0.717, 1.165) is 5.56 Å². The van der Waals surface area contributed by atoms with Gasteiger partial charge in [0.2, 0.25) is 0 Å². The maximum atomic E-state index is 13.4. The van der Waals surface area contributed by atoms with E-state index in [2.05, 4.69) is 0 Å². The van der Waals surface area contributed by atoms with E-state index in [4.69, 9.17) is 4.74 Å². The summed E-state index contributed by atoms with van der Waals surface area (Å²) in [5.41, 5.74) is 1.33. The summed E-state index contributed by atoms with van der Waals surface area (Å²) in [6.45, 7) is 0. The molecule has 0 heterocycles. The van der Waals surface area contributed by atoms with Crippen LogP contribution in [0.1, 0.15) is 0 Å². The normalized spacial score (nSPS) is 10.2. The Bertz CT molecular complexity index is 492. The highest BCUT2D eigenvalue weighted by molar-refractivity contribution is 5.70. The van der Waals surface area contributed by atoms with Gasteiger partial charge < -0.3 is 4.74 Å². The van der Waals surface area contributed by atoms with Gasteiger partial charge in [-0.05, 0) is 23.8 Å². The first-order valence-corrected chi connectivity index (χ1v) is 4.81. The zero-order chi connectivity index (χ0) is 11.5. The van der Waals surface area contributed by atoms with Crippen LogP contribution in [0.3, 0.4) is 0 Å². The van der Waals surface area contributed by atoms with Crippen LogP contribution in [0, 0.1) is 11.6 Å². The van der Waals surface area contributed by atoms with Gasteiger partial charge in [-0.25, -0.2) is 8.78 Å². The van der Waals surface area contributed by atoms with Crippen molar-refractivity contribution >= 4 is 0 Å². The van der Waals surface area contributed by atoms with E-state index in [-0.39, 0.29) is 11.6 Å². The molecule has 2 aromatic carbocycles. The first kappa shape index (κ1) is 10.6. The van der Waals surface area contributed by atoms with Gasteiger partial charge in [0.15, 0.2) is 11.6 Å². The van der Waals surface area contributed by atoms with Crippen molar-refractivity contribution in [2.45, 2.75) is 0 Å². The molecule has 1 nitrogen and oxygen atoms in total. The van der Waals surface area contributed by atoms with Gasteiger partial charge in [0.25, 0.3) is 0 Å². The van der Waals surface area contributed by atoms with Crippen molar-refractivity contribution in [3.8, 4) is 16.9 Å². The summed E-state index contributed by atoms with van der Waals surface area (Å²) in [6.07, 6.45) is 0. The van der Waals surface area contributed by atoms with E-state index < -0.39 is 5.82 Å². The standard InChI is InChI=1S/C13H10F2O/c1-16-13-11(3-2-4-12(13)15)9-5-7-10(14)8-6-9/h2-8H,1H3. The summed E-state index contributed by atoms with van der Waals surface area (Å²) in [7, 11) is 1.41. The molecule has 2 aromatic rings. The summed E-state index contributed by atoms with van der Waals surface area (Å²) >= 11 is 0. The van der Waals surface area contributed by atoms with Crippen molar-refractivity contribution in [3.63, 3.8) is 0 Å². The lowest BCUT2D eigenvalue weighted by atomic mass is 10.0. The highest BCUT2D eigenvalue weighted by atomic mass is 19.1. The van der Waals surface area contributed by atoms with Crippen molar-refractivity contribution < 1.29 is 13.5 Å². The third kappa shape index (κ3) is 1.89. The Morgan fingerprint density at radius 1 is 0.938 bits per heavy atom. The van der Waals surface area contributed by atoms with Crippen LogP contribution in [0.5, 0.6) is 5.75 Å². The van der Waals surface area contributed by atoms with Gasteiger partial charge in [0.1, 0.15) is 5.82 Å². The Kier molecular flexibility index (Phi) is 2.86. The van der Waals surface area contributed by atoms with E-state index in [1.54, 1.807) is 24.3 Å². The number of hydrogen-bond donors (Lipinski definition) is 0. The molecule has 0 N–H and O–H groups in total. The van der Waals surface area contributed by atoms with Crippen LogP contribution in [-0.2, 0) is 0 Å². The highest BCUT2D eigenvalue weighted by Crippen LogP contribution is 2.31. The molecule has 0 radical (unpaired) electrons. The predicted molar refractivity (Wildman–Crippen MR) is 58.3 cm³/mol. The molecule has 0 amide bonds. The third-order valence-electron chi connectivity index (χ3n) is 2.33. The fraction of sp³-hybridized carbons (Fsp3) is 0.0769. The first-order chi connectivity index (χ1) is 7.72. The molecule has 82 valence electrons. The molecule has 0 unspecified atom stereocenters. The lowest BCUT2D eigenvalue weighted by Crippen LogP contribution is -1.91. The quantitative estimate of drug-likeness (QED) is 0.750. The molecule has 0 bridgehead atoms. The lowest BCUT2D eigenvalue weighted by Gasteiger charge is -2.09. The number of methoxy groups -OCH3 is 1. The van der Waals surface area contributed by atoms with Crippen LogP contribution in [0.4, 0.5) is 8.78 Å². The Labute approximate surface area is 92.3 Å². The van der Waals surface area contributed by atoms with Gasteiger partial charge in [-0.15, -0.1) is 0 Å². The average Bonchev–Trinajstić information content (AvgIpc) is 2.30. The number of ether oxygens (including phenoxy) is 1. The molecule has 2 rings (SSSR count). The number of benzene rings is 2. The second kappa shape index (κ2) is 4.31. The van der Waals surface area contributed by atoms with E-state index >= 15 is 0 Å². The van der Waals surface area contributed by atoms with Gasteiger partial charge in [-0.3, -0.25) is 0 Å². The molecule has 0 saturated carbocycles. The SMILES string of the molecule is COc1c(F)cccc1-c1ccc(F)cc1. The zero-order valence-corrected chi connectivity index (χ0v) is 8.71. The summed E-state index contributed by atoms with van der Waals surface area (Å²) in [6, 6.07) is 10.5. The molecule has 0 saturated heterocycles. The molecule has 3 heteroatoms. The van der Waals surface area contributed by atoms with Crippen LogP contribution in [-0.4, -0.2) is 7.11 Å². The van der Waals surface area contributed by atoms with E-state index in [9.17, 15) is 8.78 Å². The van der Waals surface area contributed by atoms with Gasteiger partial charge in [-0.1, -0.05) is 24.3 Å². The average molecular weight is 220 g/mol. The zero-order valence-electron chi connectivity index (χ0n) is 8.71. The second-order valence-corrected chi connectivity index (χ2v) is 3.33. The number of rotatable bonds is 2. The van der Waals surface area contributed by atoms with Crippen LogP contribution in [0.15, 0.2) is 42.5 Å². The van der Waals surface area contributed by atoms with Gasteiger partial charge in [-0.2, -0.15) is 0 Å². The van der Waals surface area contributed by atoms with Crippen molar-refractivity contribution in [1.82, 2.24) is 0 Å². The molecule has 0 aromatic heterocycles. The Balaban J connectivity index is 2.55. The molecule has 0 aliphatic carbocycles. The maximum Gasteiger partial charge on any atom is 0.165 e. The van der Waals surface area contributed by atoms with Crippen LogP contribution in [0.2, 0.25) is 0 Å². The van der Waals surface area contributed by atoms with Crippen LogP contribution >= 0.6 is 0 Å². The minimum Gasteiger partial charge on any atom is -0.493 e. The molecule has 0 spiro atoms. The fourth-order valence-corrected chi connectivity index (χ4v) is 1.57. The molecule has 0 aliphatic rings. The fourth-order valence-electron chi connectivity index (χ4n) is 1.57. The number of para-hydroxylation sites is 1. The minimum absolute atomic E-state index is 0.175. The molecule has 0 aliphatic heterocycles. The summed E-state index contributed by atoms with van der Waals surface area (Å²) in [5.74, 6) is -0.572. The van der Waals surface area contributed by atoms with Crippen molar-refractivity contribution in [2.75, 3.05) is 7.11 Å². The Hall–Kier alpha value is -1.90. The monoisotopic (exact) mass is 220 g/mol. The van der Waals surface area contributed by atoms with E-state index in [0.29, 0.717) is 5.56 Å². The van der Waals surface area contributed by atoms with Crippen molar-refractivity contribution in [3.05, 3.63) is 54.1 Å². The van der Waals surface area contributed by atoms with Crippen LogP contribution in [0.25, 0.3) is 11.1 Å². The smallest absolute Gasteiger partial charge is 0.165 e. The van der Waals surface area contributed by atoms with Gasteiger partial charge in [0.05, 0.1) is 7.11 Å². The number of hydrogen-bond acceptors (Lipinski definition) is 1. The Morgan fingerprint density at radius 2 is 1.62 bits per heavy atom. The topological polar surface area (TPSA) is 9.23 Å². The first-order valence-electron chi connectivity index (χ1n) is 4.81. The van der Waals surface area contributed by atoms with E-state index in [1.807, 2.05) is 0 Å². The minimum atomic E-state index is -0.427. The largest absolute Gasteiger partial charge is 0.493 e. The molecule has 16 heavy (non-hydrogen) atoms. The molecule has 0 fully saturated rings. The van der Waals surface area contributed by atoms with Gasteiger partial charge in [0, 0.05) is 5.56 Å². The molecular weight excluding hydrogens is 210 g/mol. The van der Waals surface area contributed by atoms with Crippen LogP contribution < -0.4 is 4.74 Å². The Morgan fingerprint density at radius 3 is 2.25 bits per heavy atom. The summed E-state index contributed by atoms with van der Waals surface area (Å²) in [4.78, 5) is 0.